The molecule has 1 heterocycles. The number of nitrogens with zero attached hydrogens (tertiary/aromatic N) is 3. The van der Waals surface area contributed by atoms with E-state index in [1.807, 2.05) is 43.3 Å². The van der Waals surface area contributed by atoms with Crippen molar-refractivity contribution in [2.75, 3.05) is 37.4 Å². The average Bonchev–Trinajstić information content (AvgIpc) is 2.86. The van der Waals surface area contributed by atoms with Crippen LogP contribution in [0.25, 0.3) is 10.9 Å². The monoisotopic (exact) mass is 521 g/mol. The van der Waals surface area contributed by atoms with Gasteiger partial charge in [-0.2, -0.15) is 18.2 Å². The fourth-order valence-electron chi connectivity index (χ4n) is 4.60. The highest BCUT2D eigenvalue weighted by atomic mass is 32.2. The lowest BCUT2D eigenvalue weighted by Crippen LogP contribution is -2.33. The fourth-order valence-corrected chi connectivity index (χ4v) is 5.94. The second kappa shape index (κ2) is 10.6. The normalized spacial score (nSPS) is 18.8. The first-order chi connectivity index (χ1) is 17.0. The summed E-state index contributed by atoms with van der Waals surface area (Å²) in [4.78, 5) is 10.5. The summed E-state index contributed by atoms with van der Waals surface area (Å²) in [5.41, 5.74) is -0.289. The van der Waals surface area contributed by atoms with Gasteiger partial charge >= 0.3 is 6.18 Å². The number of rotatable bonds is 8. The van der Waals surface area contributed by atoms with E-state index in [0.29, 0.717) is 18.4 Å². The molecule has 0 atom stereocenters. The van der Waals surface area contributed by atoms with E-state index in [1.54, 1.807) is 0 Å². The third-order valence-electron chi connectivity index (χ3n) is 6.57. The lowest BCUT2D eigenvalue weighted by Gasteiger charge is -2.29. The Hall–Kier alpha value is -2.92. The van der Waals surface area contributed by atoms with E-state index in [2.05, 4.69) is 20.0 Å². The summed E-state index contributed by atoms with van der Waals surface area (Å²) >= 11 is 0. The van der Waals surface area contributed by atoms with Gasteiger partial charge in [-0.05, 0) is 61.8 Å². The van der Waals surface area contributed by atoms with Crippen molar-refractivity contribution in [2.45, 2.75) is 36.8 Å². The highest BCUT2D eigenvalue weighted by molar-refractivity contribution is 7.89. The number of sulfonamides is 1. The highest BCUT2D eigenvalue weighted by Gasteiger charge is 2.37. The summed E-state index contributed by atoms with van der Waals surface area (Å²) in [7, 11) is -0.385. The van der Waals surface area contributed by atoms with Gasteiger partial charge in [0.15, 0.2) is 0 Å². The first-order valence-corrected chi connectivity index (χ1v) is 13.4. The van der Waals surface area contributed by atoms with Crippen LogP contribution >= 0.6 is 0 Å². The Morgan fingerprint density at radius 3 is 2.19 bits per heavy atom. The Morgan fingerprint density at radius 1 is 0.917 bits per heavy atom. The minimum Gasteiger partial charge on any atom is -0.362 e. The molecule has 1 aromatic heterocycles. The van der Waals surface area contributed by atoms with Crippen LogP contribution in [0.1, 0.15) is 31.2 Å². The molecule has 1 aliphatic carbocycles. The Balaban J connectivity index is 1.31. The lowest BCUT2D eigenvalue weighted by atomic mass is 9.82. The third-order valence-corrected chi connectivity index (χ3v) is 8.05. The number of nitrogens with one attached hydrogen (secondary N) is 2. The van der Waals surface area contributed by atoms with Crippen LogP contribution in [0.3, 0.4) is 0 Å². The van der Waals surface area contributed by atoms with Crippen LogP contribution in [0.2, 0.25) is 0 Å². The molecule has 2 N–H and O–H groups in total. The second-order valence-electron chi connectivity index (χ2n) is 9.40. The quantitative estimate of drug-likeness (QED) is 0.438. The minimum atomic E-state index is -4.74. The molecule has 11 heteroatoms. The van der Waals surface area contributed by atoms with Crippen molar-refractivity contribution in [3.63, 3.8) is 0 Å². The maximum absolute atomic E-state index is 13.2. The summed E-state index contributed by atoms with van der Waals surface area (Å²) in [5, 5.41) is 4.33. The molecule has 3 aromatic rings. The molecular weight excluding hydrogens is 491 g/mol. The third kappa shape index (κ3) is 6.07. The van der Waals surface area contributed by atoms with Crippen molar-refractivity contribution >= 4 is 32.7 Å². The standard InChI is InChI=1S/C25H30F3N5O2S/c1-33(2)23-19-7-3-5-9-21(19)31-24(32-23)29-15-17-11-13-18(14-12-17)16-30-36(34,35)22-10-6-4-8-20(22)25(26,27)28/h3-10,17-18,30H,11-16H2,1-2H3,(H,29,31,32). The molecule has 0 bridgehead atoms. The molecule has 7 nitrogen and oxygen atoms in total. The molecule has 0 saturated heterocycles. The zero-order valence-corrected chi connectivity index (χ0v) is 21.0. The smallest absolute Gasteiger partial charge is 0.362 e. The SMILES string of the molecule is CN(C)c1nc(NCC2CCC(CNS(=O)(=O)c3ccccc3C(F)(F)F)CC2)nc2ccccc12. The van der Waals surface area contributed by atoms with E-state index in [-0.39, 0.29) is 12.5 Å². The van der Waals surface area contributed by atoms with Gasteiger partial charge in [0.2, 0.25) is 16.0 Å². The molecule has 1 fully saturated rings. The van der Waals surface area contributed by atoms with Gasteiger partial charge in [-0.3, -0.25) is 0 Å². The van der Waals surface area contributed by atoms with Gasteiger partial charge in [0.25, 0.3) is 0 Å². The molecule has 2 aromatic carbocycles. The molecule has 0 amide bonds. The number of anilines is 2. The summed E-state index contributed by atoms with van der Waals surface area (Å²) in [5.74, 6) is 1.86. The topological polar surface area (TPSA) is 87.2 Å². The van der Waals surface area contributed by atoms with Crippen LogP contribution in [-0.4, -0.2) is 45.6 Å². The number of alkyl halides is 3. The number of aromatic nitrogens is 2. The van der Waals surface area contributed by atoms with Crippen molar-refractivity contribution in [3.05, 3.63) is 54.1 Å². The number of para-hydroxylation sites is 1. The van der Waals surface area contributed by atoms with Crippen molar-refractivity contribution in [2.24, 2.45) is 11.8 Å². The van der Waals surface area contributed by atoms with Crippen LogP contribution < -0.4 is 14.9 Å². The first-order valence-electron chi connectivity index (χ1n) is 11.9. The summed E-state index contributed by atoms with van der Waals surface area (Å²) in [6, 6.07) is 12.1. The van der Waals surface area contributed by atoms with Crippen LogP contribution in [0.4, 0.5) is 24.9 Å². The van der Waals surface area contributed by atoms with Gasteiger partial charge in [-0.15, -0.1) is 0 Å². The van der Waals surface area contributed by atoms with Gasteiger partial charge < -0.3 is 10.2 Å². The van der Waals surface area contributed by atoms with Crippen molar-refractivity contribution < 1.29 is 21.6 Å². The van der Waals surface area contributed by atoms with Crippen LogP contribution in [0, 0.1) is 11.8 Å². The first kappa shape index (κ1) is 26.2. The number of halogens is 3. The molecule has 194 valence electrons. The summed E-state index contributed by atoms with van der Waals surface area (Å²) in [6.45, 7) is 0.817. The number of fused-ring (bicyclic) bond motifs is 1. The van der Waals surface area contributed by atoms with Crippen LogP contribution in [0.15, 0.2) is 53.4 Å². The number of hydrogen-bond donors (Lipinski definition) is 2. The van der Waals surface area contributed by atoms with E-state index in [4.69, 9.17) is 0 Å². The van der Waals surface area contributed by atoms with E-state index >= 15 is 0 Å². The zero-order valence-electron chi connectivity index (χ0n) is 20.2. The minimum absolute atomic E-state index is 0.0753. The molecular formula is C25H30F3N5O2S. The number of benzene rings is 2. The maximum atomic E-state index is 13.2. The van der Waals surface area contributed by atoms with Crippen molar-refractivity contribution in [3.8, 4) is 0 Å². The van der Waals surface area contributed by atoms with Gasteiger partial charge in [0.1, 0.15) is 5.82 Å². The van der Waals surface area contributed by atoms with Crippen molar-refractivity contribution in [1.29, 1.82) is 0 Å². The zero-order chi connectivity index (χ0) is 25.9. The predicted molar refractivity (Wildman–Crippen MR) is 134 cm³/mol. The molecule has 0 unspecified atom stereocenters. The summed E-state index contributed by atoms with van der Waals surface area (Å²) in [6.07, 6.45) is -1.40. The second-order valence-corrected chi connectivity index (χ2v) is 11.1. The Labute approximate surface area is 209 Å². The highest BCUT2D eigenvalue weighted by Crippen LogP contribution is 2.34. The Bertz CT molecular complexity index is 1310. The molecule has 36 heavy (non-hydrogen) atoms. The van der Waals surface area contributed by atoms with Gasteiger partial charge in [0, 0.05) is 32.6 Å². The van der Waals surface area contributed by atoms with E-state index < -0.39 is 26.7 Å². The molecule has 1 saturated carbocycles. The maximum Gasteiger partial charge on any atom is 0.417 e. The average molecular weight is 522 g/mol. The van der Waals surface area contributed by atoms with Gasteiger partial charge in [0.05, 0.1) is 16.0 Å². The fraction of sp³-hybridized carbons (Fsp3) is 0.440. The van der Waals surface area contributed by atoms with E-state index in [9.17, 15) is 21.6 Å². The van der Waals surface area contributed by atoms with Gasteiger partial charge in [-0.1, -0.05) is 24.3 Å². The largest absolute Gasteiger partial charge is 0.417 e. The molecule has 0 radical (unpaired) electrons. The Morgan fingerprint density at radius 2 is 1.53 bits per heavy atom. The Kier molecular flexibility index (Phi) is 7.70. The molecule has 4 rings (SSSR count). The van der Waals surface area contributed by atoms with Crippen LogP contribution in [-0.2, 0) is 16.2 Å². The van der Waals surface area contributed by atoms with Crippen LogP contribution in [0.5, 0.6) is 0 Å². The molecule has 1 aliphatic rings. The lowest BCUT2D eigenvalue weighted by molar-refractivity contribution is -0.139. The van der Waals surface area contributed by atoms with Gasteiger partial charge in [-0.25, -0.2) is 18.1 Å². The van der Waals surface area contributed by atoms with E-state index in [0.717, 1.165) is 54.5 Å². The molecule has 0 spiro atoms. The predicted octanol–water partition coefficient (Wildman–Crippen LogP) is 4.91. The van der Waals surface area contributed by atoms with E-state index in [1.165, 1.54) is 12.1 Å². The number of hydrogen-bond acceptors (Lipinski definition) is 6. The summed E-state index contributed by atoms with van der Waals surface area (Å²) < 4.78 is 67.3. The van der Waals surface area contributed by atoms with Crippen molar-refractivity contribution in [1.82, 2.24) is 14.7 Å². The molecule has 0 aliphatic heterocycles.